The van der Waals surface area contributed by atoms with Gasteiger partial charge in [-0.3, -0.25) is 0 Å². The second-order valence-corrected chi connectivity index (χ2v) is 7.88. The molecule has 9 heteroatoms. The van der Waals surface area contributed by atoms with E-state index in [1.165, 1.54) is 12.8 Å². The fourth-order valence-corrected chi connectivity index (χ4v) is 4.11. The minimum absolute atomic E-state index is 0.350. The number of hydrogen-bond donors (Lipinski definition) is 3. The third-order valence-electron chi connectivity index (χ3n) is 5.86. The van der Waals surface area contributed by atoms with Crippen LogP contribution in [0.2, 0.25) is 0 Å². The Hall–Kier alpha value is -1.81. The van der Waals surface area contributed by atoms with Crippen LogP contribution in [0.25, 0.3) is 5.65 Å². The molecule has 3 heterocycles. The van der Waals surface area contributed by atoms with Crippen molar-refractivity contribution < 1.29 is 20.1 Å². The highest BCUT2D eigenvalue weighted by Crippen LogP contribution is 2.40. The molecule has 1 saturated heterocycles. The SMILES string of the molecule is [O]C[C@H]1O[C@@H](c2cnc3c(NC4CCCC4)nc(C4CC4)nn23)[C@H](O)[C@@H]1O. The summed E-state index contributed by atoms with van der Waals surface area (Å²) in [6.45, 7) is -0.609. The number of nitrogens with one attached hydrogen (secondary N) is 1. The molecule has 0 spiro atoms. The fourth-order valence-electron chi connectivity index (χ4n) is 4.11. The predicted octanol–water partition coefficient (Wildman–Crippen LogP) is 0.948. The first kappa shape index (κ1) is 17.3. The average molecular weight is 374 g/mol. The van der Waals surface area contributed by atoms with E-state index in [9.17, 15) is 15.3 Å². The highest BCUT2D eigenvalue weighted by atomic mass is 16.6. The molecule has 1 aliphatic heterocycles. The maximum Gasteiger partial charge on any atom is 0.197 e. The normalized spacial score (nSPS) is 31.8. The Morgan fingerprint density at radius 3 is 2.63 bits per heavy atom. The Labute approximate surface area is 156 Å². The van der Waals surface area contributed by atoms with Crippen molar-refractivity contribution in [2.45, 2.75) is 74.9 Å². The van der Waals surface area contributed by atoms with Crippen molar-refractivity contribution in [3.8, 4) is 0 Å². The highest BCUT2D eigenvalue weighted by Gasteiger charge is 2.45. The smallest absolute Gasteiger partial charge is 0.197 e. The lowest BCUT2D eigenvalue weighted by molar-refractivity contribution is -0.0411. The van der Waals surface area contributed by atoms with Gasteiger partial charge in [-0.2, -0.15) is 5.10 Å². The maximum atomic E-state index is 11.2. The topological polar surface area (TPSA) is 125 Å². The van der Waals surface area contributed by atoms with Gasteiger partial charge in [-0.1, -0.05) is 12.8 Å². The fraction of sp³-hybridized carbons (Fsp3) is 0.722. The molecule has 0 amide bonds. The standard InChI is InChI=1S/C18H24N5O4/c24-8-12-13(25)14(26)15(27-12)11-7-19-18-17(20-10-3-1-2-4-10)21-16(9-5-6-9)22-23(11)18/h7,9-10,12-15,25-26H,1-6,8H2,(H,20,21,22)/t12-,13-,14-,15+/m1/s1. The lowest BCUT2D eigenvalue weighted by atomic mass is 10.1. The molecule has 1 radical (unpaired) electrons. The molecular formula is C18H24N5O4. The summed E-state index contributed by atoms with van der Waals surface area (Å²) in [6, 6.07) is 0.385. The highest BCUT2D eigenvalue weighted by molar-refractivity contribution is 5.63. The third-order valence-corrected chi connectivity index (χ3v) is 5.86. The molecular weight excluding hydrogens is 350 g/mol. The zero-order valence-electron chi connectivity index (χ0n) is 15.0. The van der Waals surface area contributed by atoms with Crippen LogP contribution in [0.3, 0.4) is 0 Å². The number of aliphatic hydroxyl groups excluding tert-OH is 2. The van der Waals surface area contributed by atoms with E-state index in [-0.39, 0.29) is 0 Å². The molecule has 9 nitrogen and oxygen atoms in total. The van der Waals surface area contributed by atoms with Crippen molar-refractivity contribution in [2.24, 2.45) is 0 Å². The first-order valence-corrected chi connectivity index (χ1v) is 9.77. The summed E-state index contributed by atoms with van der Waals surface area (Å²) >= 11 is 0. The van der Waals surface area contributed by atoms with E-state index in [1.807, 2.05) is 0 Å². The van der Waals surface area contributed by atoms with Crippen molar-refractivity contribution in [1.29, 1.82) is 0 Å². The first-order chi connectivity index (χ1) is 13.2. The minimum atomic E-state index is -1.21. The van der Waals surface area contributed by atoms with Crippen LogP contribution in [-0.2, 0) is 9.84 Å². The van der Waals surface area contributed by atoms with E-state index in [0.29, 0.717) is 29.1 Å². The van der Waals surface area contributed by atoms with E-state index in [4.69, 9.17) is 9.72 Å². The van der Waals surface area contributed by atoms with Crippen LogP contribution in [0, 0.1) is 0 Å². The summed E-state index contributed by atoms with van der Waals surface area (Å²) in [5, 5.41) is 39.8. The number of nitrogens with zero attached hydrogens (tertiary/aromatic N) is 4. The second kappa shape index (κ2) is 6.66. The number of fused-ring (bicyclic) bond motifs is 1. The molecule has 3 fully saturated rings. The van der Waals surface area contributed by atoms with Gasteiger partial charge in [0.05, 0.1) is 11.9 Å². The minimum Gasteiger partial charge on any atom is -0.387 e. The lowest BCUT2D eigenvalue weighted by Crippen LogP contribution is -2.32. The van der Waals surface area contributed by atoms with Crippen molar-refractivity contribution in [3.05, 3.63) is 17.7 Å². The number of aromatic nitrogens is 4. The lowest BCUT2D eigenvalue weighted by Gasteiger charge is -2.16. The summed E-state index contributed by atoms with van der Waals surface area (Å²) in [5.74, 6) is 1.82. The molecule has 0 unspecified atom stereocenters. The van der Waals surface area contributed by atoms with Crippen LogP contribution in [0.5, 0.6) is 0 Å². The molecule has 0 bridgehead atoms. The molecule has 2 aromatic heterocycles. The summed E-state index contributed by atoms with van der Waals surface area (Å²) < 4.78 is 7.28. The first-order valence-electron chi connectivity index (χ1n) is 9.77. The molecule has 145 valence electrons. The Morgan fingerprint density at radius 2 is 1.96 bits per heavy atom. The average Bonchev–Trinajstić information content (AvgIpc) is 3.11. The van der Waals surface area contributed by atoms with Gasteiger partial charge in [-0.25, -0.2) is 19.6 Å². The number of anilines is 1. The number of aliphatic hydroxyl groups is 2. The number of ether oxygens (including phenoxy) is 1. The monoisotopic (exact) mass is 374 g/mol. The van der Waals surface area contributed by atoms with Gasteiger partial charge in [0, 0.05) is 12.0 Å². The number of rotatable bonds is 5. The van der Waals surface area contributed by atoms with Crippen LogP contribution in [0.15, 0.2) is 6.20 Å². The zero-order valence-corrected chi connectivity index (χ0v) is 15.0. The van der Waals surface area contributed by atoms with Crippen molar-refractivity contribution >= 4 is 11.5 Å². The molecule has 4 atom stereocenters. The molecule has 0 aromatic carbocycles. The van der Waals surface area contributed by atoms with Crippen LogP contribution < -0.4 is 5.32 Å². The molecule has 5 rings (SSSR count). The zero-order chi connectivity index (χ0) is 18.5. The van der Waals surface area contributed by atoms with Gasteiger partial charge in [0.1, 0.15) is 31.0 Å². The molecule has 3 N–H and O–H groups in total. The molecule has 2 aliphatic carbocycles. The van der Waals surface area contributed by atoms with E-state index < -0.39 is 31.0 Å². The van der Waals surface area contributed by atoms with Gasteiger partial charge in [-0.05, 0) is 25.7 Å². The Balaban J connectivity index is 1.55. The largest absolute Gasteiger partial charge is 0.387 e. The Kier molecular flexibility index (Phi) is 4.27. The molecule has 2 saturated carbocycles. The third kappa shape index (κ3) is 2.98. The summed E-state index contributed by atoms with van der Waals surface area (Å²) in [5.41, 5.74) is 1.11. The van der Waals surface area contributed by atoms with E-state index in [2.05, 4.69) is 15.4 Å². The Morgan fingerprint density at radius 1 is 1.19 bits per heavy atom. The van der Waals surface area contributed by atoms with Crippen LogP contribution in [0.4, 0.5) is 5.82 Å². The van der Waals surface area contributed by atoms with Crippen molar-refractivity contribution in [1.82, 2.24) is 19.6 Å². The van der Waals surface area contributed by atoms with Gasteiger partial charge in [-0.15, -0.1) is 0 Å². The summed E-state index contributed by atoms with van der Waals surface area (Å²) in [6.07, 6.45) is 4.22. The van der Waals surface area contributed by atoms with E-state index >= 15 is 0 Å². The van der Waals surface area contributed by atoms with Crippen molar-refractivity contribution in [3.63, 3.8) is 0 Å². The van der Waals surface area contributed by atoms with Crippen LogP contribution >= 0.6 is 0 Å². The molecule has 27 heavy (non-hydrogen) atoms. The number of hydrogen-bond acceptors (Lipinski definition) is 7. The number of imidazole rings is 1. The van der Waals surface area contributed by atoms with E-state index in [0.717, 1.165) is 31.5 Å². The molecule has 3 aliphatic rings. The van der Waals surface area contributed by atoms with Crippen LogP contribution in [0.1, 0.15) is 62.1 Å². The Bertz CT molecular complexity index is 833. The van der Waals surface area contributed by atoms with E-state index in [1.54, 1.807) is 10.7 Å². The van der Waals surface area contributed by atoms with Gasteiger partial charge < -0.3 is 20.3 Å². The summed E-state index contributed by atoms with van der Waals surface area (Å²) in [4.78, 5) is 9.18. The van der Waals surface area contributed by atoms with Gasteiger partial charge in [0.2, 0.25) is 0 Å². The summed E-state index contributed by atoms with van der Waals surface area (Å²) in [7, 11) is 0. The molecule has 2 aromatic rings. The van der Waals surface area contributed by atoms with Crippen molar-refractivity contribution in [2.75, 3.05) is 11.9 Å². The predicted molar refractivity (Wildman–Crippen MR) is 93.8 cm³/mol. The van der Waals surface area contributed by atoms with Gasteiger partial charge in [0.25, 0.3) is 0 Å². The maximum absolute atomic E-state index is 11.2. The quantitative estimate of drug-likeness (QED) is 0.711. The van der Waals surface area contributed by atoms with Gasteiger partial charge >= 0.3 is 0 Å². The van der Waals surface area contributed by atoms with Gasteiger partial charge in [0.15, 0.2) is 17.3 Å². The second-order valence-electron chi connectivity index (χ2n) is 7.88. The van der Waals surface area contributed by atoms with Crippen LogP contribution in [-0.4, -0.2) is 60.8 Å².